The fourth-order valence-electron chi connectivity index (χ4n) is 1.70. The van der Waals surface area contributed by atoms with E-state index in [2.05, 4.69) is 31.6 Å². The number of hydrogen-bond donors (Lipinski definition) is 2. The van der Waals surface area contributed by atoms with Crippen LogP contribution >= 0.6 is 15.9 Å². The molecular weight excluding hydrogens is 324 g/mol. The van der Waals surface area contributed by atoms with Gasteiger partial charge in [0.1, 0.15) is 6.54 Å². The number of nitrogens with one attached hydrogen (secondary N) is 1. The van der Waals surface area contributed by atoms with Gasteiger partial charge in [0, 0.05) is 23.0 Å². The summed E-state index contributed by atoms with van der Waals surface area (Å²) in [6.07, 6.45) is 3.02. The molecule has 2 rings (SSSR count). The molecule has 20 heavy (non-hydrogen) atoms. The van der Waals surface area contributed by atoms with Gasteiger partial charge in [-0.2, -0.15) is 0 Å². The molecule has 0 aliphatic carbocycles. The normalized spacial score (nSPS) is 10.5. The number of halogens is 1. The highest BCUT2D eigenvalue weighted by atomic mass is 79.9. The van der Waals surface area contributed by atoms with Gasteiger partial charge >= 0.3 is 0 Å². The van der Waals surface area contributed by atoms with E-state index in [1.54, 1.807) is 6.20 Å². The van der Waals surface area contributed by atoms with Crippen molar-refractivity contribution in [3.8, 4) is 0 Å². The van der Waals surface area contributed by atoms with E-state index in [9.17, 15) is 4.79 Å². The molecule has 0 atom stereocenters. The predicted octanol–water partition coefficient (Wildman–Crippen LogP) is 1.60. The number of aromatic nitrogens is 3. The van der Waals surface area contributed by atoms with E-state index >= 15 is 0 Å². The molecule has 0 aliphatic heterocycles. The average Bonchev–Trinajstić information content (AvgIpc) is 2.83. The zero-order chi connectivity index (χ0) is 14.4. The van der Waals surface area contributed by atoms with Crippen molar-refractivity contribution in [2.75, 3.05) is 11.9 Å². The number of anilines is 1. The minimum atomic E-state index is -0.165. The summed E-state index contributed by atoms with van der Waals surface area (Å²) in [5, 5.41) is 19.4. The summed E-state index contributed by atoms with van der Waals surface area (Å²) >= 11 is 3.35. The monoisotopic (exact) mass is 338 g/mol. The second kappa shape index (κ2) is 7.16. The van der Waals surface area contributed by atoms with Gasteiger partial charge < -0.3 is 10.4 Å². The maximum absolute atomic E-state index is 11.9. The lowest BCUT2D eigenvalue weighted by atomic mass is 10.3. The molecule has 106 valence electrons. The maximum Gasteiger partial charge on any atom is 0.246 e. The Morgan fingerprint density at radius 2 is 2.30 bits per heavy atom. The Balaban J connectivity index is 1.89. The van der Waals surface area contributed by atoms with Gasteiger partial charge in [0.15, 0.2) is 0 Å². The number of aliphatic hydroxyl groups is 1. The molecule has 0 aliphatic rings. The Hall–Kier alpha value is -1.73. The third kappa shape index (κ3) is 4.43. The first-order valence-electron chi connectivity index (χ1n) is 6.22. The maximum atomic E-state index is 11.9. The summed E-state index contributed by atoms with van der Waals surface area (Å²) in [6, 6.07) is 7.38. The minimum absolute atomic E-state index is 0.110. The van der Waals surface area contributed by atoms with Crippen molar-refractivity contribution in [1.29, 1.82) is 0 Å². The highest BCUT2D eigenvalue weighted by molar-refractivity contribution is 9.10. The van der Waals surface area contributed by atoms with Crippen LogP contribution in [0.4, 0.5) is 5.69 Å². The second-order valence-corrected chi connectivity index (χ2v) is 5.21. The van der Waals surface area contributed by atoms with Crippen LogP contribution in [0.5, 0.6) is 0 Å². The third-order valence-electron chi connectivity index (χ3n) is 2.59. The van der Waals surface area contributed by atoms with E-state index < -0.39 is 0 Å². The van der Waals surface area contributed by atoms with Crippen molar-refractivity contribution in [2.24, 2.45) is 0 Å². The fraction of sp³-hybridized carbons (Fsp3) is 0.308. The van der Waals surface area contributed by atoms with Crippen LogP contribution in [0.2, 0.25) is 0 Å². The van der Waals surface area contributed by atoms with Gasteiger partial charge in [-0.15, -0.1) is 5.10 Å². The van der Waals surface area contributed by atoms with E-state index in [4.69, 9.17) is 5.11 Å². The van der Waals surface area contributed by atoms with Gasteiger partial charge in [0.2, 0.25) is 5.91 Å². The highest BCUT2D eigenvalue weighted by Gasteiger charge is 2.06. The van der Waals surface area contributed by atoms with Crippen molar-refractivity contribution >= 4 is 27.5 Å². The van der Waals surface area contributed by atoms with Crippen LogP contribution < -0.4 is 5.32 Å². The Morgan fingerprint density at radius 3 is 3.05 bits per heavy atom. The molecule has 1 aromatic carbocycles. The molecule has 0 radical (unpaired) electrons. The Kier molecular flexibility index (Phi) is 5.25. The van der Waals surface area contributed by atoms with E-state index in [0.717, 1.165) is 15.9 Å². The summed E-state index contributed by atoms with van der Waals surface area (Å²) in [6.45, 7) is 0.231. The van der Waals surface area contributed by atoms with Gasteiger partial charge in [0.05, 0.1) is 5.69 Å². The van der Waals surface area contributed by atoms with Crippen LogP contribution in [0, 0.1) is 0 Å². The topological polar surface area (TPSA) is 80.0 Å². The number of nitrogens with zero attached hydrogens (tertiary/aromatic N) is 3. The van der Waals surface area contributed by atoms with Gasteiger partial charge in [0.25, 0.3) is 0 Å². The van der Waals surface area contributed by atoms with Crippen LogP contribution in [0.25, 0.3) is 0 Å². The molecule has 1 aromatic heterocycles. The fourth-order valence-corrected chi connectivity index (χ4v) is 2.10. The molecule has 0 unspecified atom stereocenters. The summed E-state index contributed by atoms with van der Waals surface area (Å²) < 4.78 is 2.39. The molecule has 1 amide bonds. The quantitative estimate of drug-likeness (QED) is 0.838. The van der Waals surface area contributed by atoms with E-state index in [0.29, 0.717) is 12.8 Å². The smallest absolute Gasteiger partial charge is 0.246 e. The molecule has 7 heteroatoms. The van der Waals surface area contributed by atoms with Gasteiger partial charge in [-0.05, 0) is 31.0 Å². The van der Waals surface area contributed by atoms with Gasteiger partial charge in [-0.25, -0.2) is 4.68 Å². The van der Waals surface area contributed by atoms with Crippen molar-refractivity contribution < 1.29 is 9.90 Å². The first-order chi connectivity index (χ1) is 9.67. The number of amides is 1. The average molecular weight is 339 g/mol. The van der Waals surface area contributed by atoms with Crippen LogP contribution in [-0.2, 0) is 17.8 Å². The molecular formula is C13H15BrN4O2. The SMILES string of the molecule is O=C(Cn1cc(CCCO)nn1)Nc1cccc(Br)c1. The zero-order valence-corrected chi connectivity index (χ0v) is 12.4. The molecule has 1 heterocycles. The van der Waals surface area contributed by atoms with Crippen molar-refractivity contribution in [3.63, 3.8) is 0 Å². The number of carbonyl (C=O) groups is 1. The van der Waals surface area contributed by atoms with E-state index in [1.165, 1.54) is 4.68 Å². The number of rotatable bonds is 6. The highest BCUT2D eigenvalue weighted by Crippen LogP contribution is 2.15. The summed E-state index contributed by atoms with van der Waals surface area (Å²) in [5.74, 6) is -0.165. The first kappa shape index (κ1) is 14.7. The second-order valence-electron chi connectivity index (χ2n) is 4.29. The molecule has 0 spiro atoms. The van der Waals surface area contributed by atoms with Crippen LogP contribution in [0.15, 0.2) is 34.9 Å². The van der Waals surface area contributed by atoms with Gasteiger partial charge in [-0.3, -0.25) is 4.79 Å². The Bertz CT molecular complexity index is 585. The molecule has 2 aromatic rings. The molecule has 0 bridgehead atoms. The number of carbonyl (C=O) groups excluding carboxylic acids is 1. The number of benzene rings is 1. The number of hydrogen-bond acceptors (Lipinski definition) is 4. The molecule has 0 fully saturated rings. The standard InChI is InChI=1S/C13H15BrN4O2/c14-10-3-1-4-11(7-10)15-13(20)9-18-8-12(16-17-18)5-2-6-19/h1,3-4,7-8,19H,2,5-6,9H2,(H,15,20). The zero-order valence-electron chi connectivity index (χ0n) is 10.8. The summed E-state index contributed by atoms with van der Waals surface area (Å²) in [5.41, 5.74) is 1.50. The number of aliphatic hydroxyl groups excluding tert-OH is 1. The molecule has 2 N–H and O–H groups in total. The molecule has 0 saturated carbocycles. The van der Waals surface area contributed by atoms with Crippen molar-refractivity contribution in [1.82, 2.24) is 15.0 Å². The number of aryl methyl sites for hydroxylation is 1. The predicted molar refractivity (Wildman–Crippen MR) is 78.2 cm³/mol. The largest absolute Gasteiger partial charge is 0.396 e. The summed E-state index contributed by atoms with van der Waals surface area (Å²) in [4.78, 5) is 11.9. The van der Waals surface area contributed by atoms with Crippen molar-refractivity contribution in [3.05, 3.63) is 40.6 Å². The van der Waals surface area contributed by atoms with Crippen LogP contribution in [0.3, 0.4) is 0 Å². The Labute approximate surface area is 124 Å². The lowest BCUT2D eigenvalue weighted by Gasteiger charge is -2.05. The first-order valence-corrected chi connectivity index (χ1v) is 7.02. The van der Waals surface area contributed by atoms with Crippen LogP contribution in [-0.4, -0.2) is 32.6 Å². The minimum Gasteiger partial charge on any atom is -0.396 e. The van der Waals surface area contributed by atoms with Crippen molar-refractivity contribution in [2.45, 2.75) is 19.4 Å². The van der Waals surface area contributed by atoms with E-state index in [1.807, 2.05) is 24.3 Å². The van der Waals surface area contributed by atoms with Gasteiger partial charge in [-0.1, -0.05) is 27.2 Å². The third-order valence-corrected chi connectivity index (χ3v) is 3.08. The lowest BCUT2D eigenvalue weighted by Crippen LogP contribution is -2.19. The molecule has 6 nitrogen and oxygen atoms in total. The molecule has 0 saturated heterocycles. The lowest BCUT2D eigenvalue weighted by molar-refractivity contribution is -0.116. The summed E-state index contributed by atoms with van der Waals surface area (Å²) in [7, 11) is 0. The van der Waals surface area contributed by atoms with E-state index in [-0.39, 0.29) is 19.1 Å². The Morgan fingerprint density at radius 1 is 1.45 bits per heavy atom. The van der Waals surface area contributed by atoms with Crippen LogP contribution in [0.1, 0.15) is 12.1 Å².